The van der Waals surface area contributed by atoms with E-state index in [2.05, 4.69) is 17.6 Å². The summed E-state index contributed by atoms with van der Waals surface area (Å²) in [5.74, 6) is 0.308. The molecule has 0 saturated heterocycles. The van der Waals surface area contributed by atoms with Crippen molar-refractivity contribution in [2.75, 3.05) is 10.6 Å². The zero-order valence-electron chi connectivity index (χ0n) is 13.4. The van der Waals surface area contributed by atoms with Gasteiger partial charge in [-0.05, 0) is 37.5 Å². The van der Waals surface area contributed by atoms with E-state index in [4.69, 9.17) is 0 Å². The van der Waals surface area contributed by atoms with Crippen LogP contribution in [-0.4, -0.2) is 11.8 Å². The number of anilines is 2. The minimum Gasteiger partial charge on any atom is -0.326 e. The molecule has 0 radical (unpaired) electrons. The minimum atomic E-state index is 0.0437. The molecule has 120 valence electrons. The van der Waals surface area contributed by atoms with Crippen molar-refractivity contribution in [3.05, 3.63) is 24.3 Å². The van der Waals surface area contributed by atoms with Gasteiger partial charge in [0, 0.05) is 23.7 Å². The highest BCUT2D eigenvalue weighted by Crippen LogP contribution is 2.30. The van der Waals surface area contributed by atoms with Crippen LogP contribution in [0, 0.1) is 5.92 Å². The number of unbranched alkanes of at least 4 members (excludes halogenated alkanes) is 4. The summed E-state index contributed by atoms with van der Waals surface area (Å²) in [4.78, 5) is 23.6. The van der Waals surface area contributed by atoms with E-state index in [1.165, 1.54) is 19.3 Å². The maximum absolute atomic E-state index is 11.9. The van der Waals surface area contributed by atoms with Gasteiger partial charge in [-0.2, -0.15) is 0 Å². The molecule has 1 aliphatic rings. The molecule has 0 unspecified atom stereocenters. The van der Waals surface area contributed by atoms with E-state index in [-0.39, 0.29) is 17.7 Å². The molecule has 2 N–H and O–H groups in total. The van der Waals surface area contributed by atoms with Crippen molar-refractivity contribution in [3.8, 4) is 0 Å². The third-order valence-electron chi connectivity index (χ3n) is 3.87. The molecule has 22 heavy (non-hydrogen) atoms. The van der Waals surface area contributed by atoms with Crippen molar-refractivity contribution in [3.63, 3.8) is 0 Å². The largest absolute Gasteiger partial charge is 0.326 e. The second-order valence-corrected chi connectivity index (χ2v) is 6.06. The van der Waals surface area contributed by atoms with Crippen molar-refractivity contribution < 1.29 is 9.59 Å². The SMILES string of the molecule is CCCCCCCC(=O)Nc1cccc(NC(=O)C2CC2)c1. The molecule has 0 aliphatic heterocycles. The van der Waals surface area contributed by atoms with Crippen LogP contribution in [-0.2, 0) is 9.59 Å². The van der Waals surface area contributed by atoms with Crippen LogP contribution in [0.3, 0.4) is 0 Å². The quantitative estimate of drug-likeness (QED) is 0.667. The first-order chi connectivity index (χ1) is 10.7. The first-order valence-electron chi connectivity index (χ1n) is 8.40. The highest BCUT2D eigenvalue weighted by molar-refractivity contribution is 5.95. The highest BCUT2D eigenvalue weighted by Gasteiger charge is 2.29. The second-order valence-electron chi connectivity index (χ2n) is 6.06. The maximum atomic E-state index is 11.9. The molecule has 1 fully saturated rings. The van der Waals surface area contributed by atoms with E-state index >= 15 is 0 Å². The Morgan fingerprint density at radius 3 is 2.41 bits per heavy atom. The van der Waals surface area contributed by atoms with Gasteiger partial charge in [-0.1, -0.05) is 38.7 Å². The van der Waals surface area contributed by atoms with Gasteiger partial charge >= 0.3 is 0 Å². The minimum absolute atomic E-state index is 0.0437. The summed E-state index contributed by atoms with van der Waals surface area (Å²) in [5.41, 5.74) is 1.49. The fraction of sp³-hybridized carbons (Fsp3) is 0.556. The van der Waals surface area contributed by atoms with E-state index in [0.717, 1.165) is 37.1 Å². The maximum Gasteiger partial charge on any atom is 0.227 e. The van der Waals surface area contributed by atoms with Crippen molar-refractivity contribution in [1.82, 2.24) is 0 Å². The lowest BCUT2D eigenvalue weighted by atomic mass is 10.1. The van der Waals surface area contributed by atoms with Crippen molar-refractivity contribution in [2.24, 2.45) is 5.92 Å². The second kappa shape index (κ2) is 8.57. The normalized spacial score (nSPS) is 13.7. The highest BCUT2D eigenvalue weighted by atomic mass is 16.2. The predicted octanol–water partition coefficient (Wildman–Crippen LogP) is 4.33. The van der Waals surface area contributed by atoms with Crippen LogP contribution >= 0.6 is 0 Å². The molecule has 4 heteroatoms. The summed E-state index contributed by atoms with van der Waals surface area (Å²) in [7, 11) is 0. The topological polar surface area (TPSA) is 58.2 Å². The average molecular weight is 302 g/mol. The summed E-state index contributed by atoms with van der Waals surface area (Å²) in [6.07, 6.45) is 8.23. The number of amides is 2. The van der Waals surface area contributed by atoms with E-state index in [9.17, 15) is 9.59 Å². The van der Waals surface area contributed by atoms with E-state index in [1.54, 1.807) is 0 Å². The molecule has 0 atom stereocenters. The molecule has 1 aliphatic carbocycles. The van der Waals surface area contributed by atoms with Gasteiger partial charge in [0.1, 0.15) is 0 Å². The number of nitrogens with one attached hydrogen (secondary N) is 2. The van der Waals surface area contributed by atoms with Gasteiger partial charge in [0.2, 0.25) is 11.8 Å². The van der Waals surface area contributed by atoms with Crippen molar-refractivity contribution >= 4 is 23.2 Å². The van der Waals surface area contributed by atoms with Crippen LogP contribution in [0.2, 0.25) is 0 Å². The molecule has 0 aromatic heterocycles. The lowest BCUT2D eigenvalue weighted by Crippen LogP contribution is -2.14. The van der Waals surface area contributed by atoms with Gasteiger partial charge in [0.15, 0.2) is 0 Å². The van der Waals surface area contributed by atoms with E-state index in [0.29, 0.717) is 6.42 Å². The van der Waals surface area contributed by atoms with E-state index in [1.807, 2.05) is 24.3 Å². The van der Waals surface area contributed by atoms with Crippen LogP contribution in [0.25, 0.3) is 0 Å². The third kappa shape index (κ3) is 5.88. The van der Waals surface area contributed by atoms with Gasteiger partial charge in [0.25, 0.3) is 0 Å². The Hall–Kier alpha value is -1.84. The number of benzene rings is 1. The van der Waals surface area contributed by atoms with Gasteiger partial charge in [-0.25, -0.2) is 0 Å². The molecule has 0 heterocycles. The molecule has 1 aromatic rings. The summed E-state index contributed by atoms with van der Waals surface area (Å²) < 4.78 is 0. The Morgan fingerprint density at radius 2 is 1.73 bits per heavy atom. The van der Waals surface area contributed by atoms with Gasteiger partial charge in [-0.3, -0.25) is 9.59 Å². The van der Waals surface area contributed by atoms with Gasteiger partial charge in [-0.15, -0.1) is 0 Å². The Balaban J connectivity index is 1.74. The van der Waals surface area contributed by atoms with Crippen LogP contribution in [0.5, 0.6) is 0 Å². The number of hydrogen-bond donors (Lipinski definition) is 2. The van der Waals surface area contributed by atoms with Crippen LogP contribution in [0.15, 0.2) is 24.3 Å². The summed E-state index contributed by atoms with van der Waals surface area (Å²) in [5, 5.41) is 5.79. The van der Waals surface area contributed by atoms with Crippen LogP contribution < -0.4 is 10.6 Å². The summed E-state index contributed by atoms with van der Waals surface area (Å²) in [6, 6.07) is 7.36. The molecule has 2 amide bonds. The number of rotatable bonds is 9. The molecule has 4 nitrogen and oxygen atoms in total. The van der Waals surface area contributed by atoms with Gasteiger partial charge < -0.3 is 10.6 Å². The molecule has 1 saturated carbocycles. The first-order valence-corrected chi connectivity index (χ1v) is 8.40. The summed E-state index contributed by atoms with van der Waals surface area (Å²) >= 11 is 0. The molecule has 0 spiro atoms. The summed E-state index contributed by atoms with van der Waals surface area (Å²) in [6.45, 7) is 2.18. The Kier molecular flexibility index (Phi) is 6.44. The smallest absolute Gasteiger partial charge is 0.227 e. The number of carbonyl (C=O) groups is 2. The van der Waals surface area contributed by atoms with Crippen LogP contribution in [0.1, 0.15) is 58.3 Å². The fourth-order valence-electron chi connectivity index (χ4n) is 2.38. The lowest BCUT2D eigenvalue weighted by Gasteiger charge is -2.08. The molecule has 2 rings (SSSR count). The zero-order valence-corrected chi connectivity index (χ0v) is 13.4. The van der Waals surface area contributed by atoms with Crippen molar-refractivity contribution in [2.45, 2.75) is 58.3 Å². The third-order valence-corrected chi connectivity index (χ3v) is 3.87. The fourth-order valence-corrected chi connectivity index (χ4v) is 2.38. The monoisotopic (exact) mass is 302 g/mol. The zero-order chi connectivity index (χ0) is 15.8. The molecule has 0 bridgehead atoms. The Bertz CT molecular complexity index is 510. The molecular weight excluding hydrogens is 276 g/mol. The first kappa shape index (κ1) is 16.5. The van der Waals surface area contributed by atoms with E-state index < -0.39 is 0 Å². The van der Waals surface area contributed by atoms with Gasteiger partial charge in [0.05, 0.1) is 0 Å². The molecular formula is C18H26N2O2. The predicted molar refractivity (Wildman–Crippen MR) is 89.8 cm³/mol. The number of hydrogen-bond acceptors (Lipinski definition) is 2. The number of carbonyl (C=O) groups excluding carboxylic acids is 2. The Morgan fingerprint density at radius 1 is 1.05 bits per heavy atom. The standard InChI is InChI=1S/C18H26N2O2/c1-2-3-4-5-6-10-17(21)19-15-8-7-9-16(13-15)20-18(22)14-11-12-14/h7-9,13-14H,2-6,10-12H2,1H3,(H,19,21)(H,20,22). The van der Waals surface area contributed by atoms with Crippen LogP contribution in [0.4, 0.5) is 11.4 Å². The average Bonchev–Trinajstić information content (AvgIpc) is 3.32. The lowest BCUT2D eigenvalue weighted by molar-refractivity contribution is -0.117. The molecule has 1 aromatic carbocycles. The Labute approximate surface area is 132 Å². The van der Waals surface area contributed by atoms with Crippen molar-refractivity contribution in [1.29, 1.82) is 0 Å².